The standard InChI is InChI=1S/C14H21Cl2NO2/c1-10(2)6-7-17-8-11(18)9-19-14-12(15)4-3-5-13(14)16/h3-5,10-11,17-18H,6-9H2,1-2H3. The molecule has 5 heteroatoms. The summed E-state index contributed by atoms with van der Waals surface area (Å²) in [4.78, 5) is 0. The Labute approximate surface area is 124 Å². The molecule has 0 heterocycles. The lowest BCUT2D eigenvalue weighted by atomic mass is 10.1. The molecule has 1 aromatic carbocycles. The molecule has 19 heavy (non-hydrogen) atoms. The Morgan fingerprint density at radius 2 is 1.89 bits per heavy atom. The lowest BCUT2D eigenvalue weighted by molar-refractivity contribution is 0.106. The van der Waals surface area contributed by atoms with E-state index in [4.69, 9.17) is 27.9 Å². The van der Waals surface area contributed by atoms with Crippen LogP contribution in [0.1, 0.15) is 20.3 Å². The molecule has 1 aromatic rings. The Morgan fingerprint density at radius 3 is 2.47 bits per heavy atom. The highest BCUT2D eigenvalue weighted by Gasteiger charge is 2.10. The van der Waals surface area contributed by atoms with E-state index in [2.05, 4.69) is 19.2 Å². The highest BCUT2D eigenvalue weighted by molar-refractivity contribution is 6.37. The molecule has 108 valence electrons. The number of benzene rings is 1. The second kappa shape index (κ2) is 8.64. The first kappa shape index (κ1) is 16.6. The zero-order valence-corrected chi connectivity index (χ0v) is 12.8. The molecule has 1 atom stereocenters. The first-order chi connectivity index (χ1) is 9.00. The van der Waals surface area contributed by atoms with E-state index in [9.17, 15) is 5.11 Å². The van der Waals surface area contributed by atoms with Crippen molar-refractivity contribution in [3.8, 4) is 5.75 Å². The van der Waals surface area contributed by atoms with Gasteiger partial charge in [0.25, 0.3) is 0 Å². The number of nitrogens with one attached hydrogen (secondary N) is 1. The predicted octanol–water partition coefficient (Wildman–Crippen LogP) is 3.37. The van der Waals surface area contributed by atoms with E-state index < -0.39 is 6.10 Å². The lowest BCUT2D eigenvalue weighted by Crippen LogP contribution is -2.32. The number of hydrogen-bond donors (Lipinski definition) is 2. The van der Waals surface area contributed by atoms with Crippen LogP contribution in [0.3, 0.4) is 0 Å². The summed E-state index contributed by atoms with van der Waals surface area (Å²) in [6.45, 7) is 5.88. The highest BCUT2D eigenvalue weighted by atomic mass is 35.5. The molecular weight excluding hydrogens is 285 g/mol. The van der Waals surface area contributed by atoms with Gasteiger partial charge in [0.2, 0.25) is 0 Å². The molecule has 0 saturated heterocycles. The maximum Gasteiger partial charge on any atom is 0.156 e. The minimum Gasteiger partial charge on any atom is -0.488 e. The Hall–Kier alpha value is -0.480. The molecule has 0 bridgehead atoms. The van der Waals surface area contributed by atoms with Crippen molar-refractivity contribution < 1.29 is 9.84 Å². The van der Waals surface area contributed by atoms with Crippen molar-refractivity contribution in [3.63, 3.8) is 0 Å². The van der Waals surface area contributed by atoms with Crippen LogP contribution in [0.2, 0.25) is 10.0 Å². The van der Waals surface area contributed by atoms with Gasteiger partial charge in [-0.1, -0.05) is 43.1 Å². The Balaban J connectivity index is 2.28. The highest BCUT2D eigenvalue weighted by Crippen LogP contribution is 2.32. The normalized spacial score (nSPS) is 12.7. The van der Waals surface area contributed by atoms with Gasteiger partial charge in [-0.05, 0) is 31.0 Å². The summed E-state index contributed by atoms with van der Waals surface area (Å²) in [5.74, 6) is 1.08. The molecule has 0 aromatic heterocycles. The van der Waals surface area contributed by atoms with Gasteiger partial charge in [-0.3, -0.25) is 0 Å². The summed E-state index contributed by atoms with van der Waals surface area (Å²) < 4.78 is 5.45. The van der Waals surface area contributed by atoms with Gasteiger partial charge < -0.3 is 15.2 Å². The van der Waals surface area contributed by atoms with Gasteiger partial charge in [0.1, 0.15) is 12.7 Å². The molecule has 1 unspecified atom stereocenters. The van der Waals surface area contributed by atoms with Gasteiger partial charge in [0, 0.05) is 6.54 Å². The second-order valence-corrected chi connectivity index (χ2v) is 5.72. The van der Waals surface area contributed by atoms with Crippen LogP contribution < -0.4 is 10.1 Å². The topological polar surface area (TPSA) is 41.5 Å². The fourth-order valence-corrected chi connectivity index (χ4v) is 2.02. The first-order valence-corrected chi connectivity index (χ1v) is 7.22. The van der Waals surface area contributed by atoms with Gasteiger partial charge in [-0.25, -0.2) is 0 Å². The van der Waals surface area contributed by atoms with E-state index in [1.165, 1.54) is 0 Å². The molecular formula is C14H21Cl2NO2. The predicted molar refractivity (Wildman–Crippen MR) is 80.3 cm³/mol. The smallest absolute Gasteiger partial charge is 0.156 e. The maximum absolute atomic E-state index is 9.78. The molecule has 0 spiro atoms. The Bertz CT molecular complexity index is 365. The minimum atomic E-state index is -0.584. The van der Waals surface area contributed by atoms with Gasteiger partial charge in [-0.2, -0.15) is 0 Å². The van der Waals surface area contributed by atoms with Crippen LogP contribution in [0, 0.1) is 5.92 Å². The number of aliphatic hydroxyl groups is 1. The number of hydrogen-bond acceptors (Lipinski definition) is 3. The monoisotopic (exact) mass is 305 g/mol. The number of halogens is 2. The van der Waals surface area contributed by atoms with Gasteiger partial charge in [0.05, 0.1) is 10.0 Å². The molecule has 3 nitrogen and oxygen atoms in total. The largest absolute Gasteiger partial charge is 0.488 e. The first-order valence-electron chi connectivity index (χ1n) is 6.46. The SMILES string of the molecule is CC(C)CCNCC(O)COc1c(Cl)cccc1Cl. The van der Waals surface area contributed by atoms with Crippen LogP contribution in [0.4, 0.5) is 0 Å². The molecule has 0 fully saturated rings. The molecule has 0 aliphatic heterocycles. The number of ether oxygens (including phenoxy) is 1. The van der Waals surface area contributed by atoms with Crippen molar-refractivity contribution in [2.24, 2.45) is 5.92 Å². The van der Waals surface area contributed by atoms with Gasteiger partial charge in [-0.15, -0.1) is 0 Å². The van der Waals surface area contributed by atoms with Crippen molar-refractivity contribution >= 4 is 23.2 Å². The molecule has 0 aliphatic rings. The Morgan fingerprint density at radius 1 is 1.26 bits per heavy atom. The van der Waals surface area contributed by atoms with E-state index in [0.717, 1.165) is 13.0 Å². The van der Waals surface area contributed by atoms with Gasteiger partial charge >= 0.3 is 0 Å². The number of para-hydroxylation sites is 1. The summed E-state index contributed by atoms with van der Waals surface area (Å²) in [5, 5.41) is 13.9. The van der Waals surface area contributed by atoms with Crippen LogP contribution in [0.25, 0.3) is 0 Å². The third kappa shape index (κ3) is 6.48. The van der Waals surface area contributed by atoms with Crippen LogP contribution in [0.5, 0.6) is 5.75 Å². The average Bonchev–Trinajstić information content (AvgIpc) is 2.34. The summed E-state index contributed by atoms with van der Waals surface area (Å²) in [6.07, 6.45) is 0.503. The molecule has 2 N–H and O–H groups in total. The van der Waals surface area contributed by atoms with E-state index in [1.807, 2.05) is 0 Å². The van der Waals surface area contributed by atoms with E-state index in [1.54, 1.807) is 18.2 Å². The lowest BCUT2D eigenvalue weighted by Gasteiger charge is -2.15. The van der Waals surface area contributed by atoms with Gasteiger partial charge in [0.15, 0.2) is 5.75 Å². The van der Waals surface area contributed by atoms with E-state index >= 15 is 0 Å². The molecule has 1 rings (SSSR count). The van der Waals surface area contributed by atoms with E-state index in [0.29, 0.717) is 28.3 Å². The zero-order chi connectivity index (χ0) is 14.3. The molecule has 0 saturated carbocycles. The minimum absolute atomic E-state index is 0.165. The fourth-order valence-electron chi connectivity index (χ4n) is 1.52. The van der Waals surface area contributed by atoms with Crippen molar-refractivity contribution in [2.75, 3.05) is 19.7 Å². The Kier molecular flexibility index (Phi) is 7.54. The summed E-state index contributed by atoms with van der Waals surface area (Å²) >= 11 is 11.9. The third-order valence-electron chi connectivity index (χ3n) is 2.62. The average molecular weight is 306 g/mol. The second-order valence-electron chi connectivity index (χ2n) is 4.90. The quantitative estimate of drug-likeness (QED) is 0.724. The van der Waals surface area contributed by atoms with Crippen molar-refractivity contribution in [2.45, 2.75) is 26.4 Å². The summed E-state index contributed by atoms with van der Waals surface area (Å²) in [7, 11) is 0. The van der Waals surface area contributed by atoms with E-state index in [-0.39, 0.29) is 6.61 Å². The molecule has 0 amide bonds. The molecule has 0 radical (unpaired) electrons. The van der Waals surface area contributed by atoms with Crippen molar-refractivity contribution in [1.29, 1.82) is 0 Å². The van der Waals surface area contributed by atoms with Crippen LogP contribution >= 0.6 is 23.2 Å². The molecule has 0 aliphatic carbocycles. The summed E-state index contributed by atoms with van der Waals surface area (Å²) in [5.41, 5.74) is 0. The number of aliphatic hydroxyl groups excluding tert-OH is 1. The summed E-state index contributed by atoms with van der Waals surface area (Å²) in [6, 6.07) is 5.16. The van der Waals surface area contributed by atoms with Crippen LogP contribution in [-0.2, 0) is 0 Å². The van der Waals surface area contributed by atoms with Crippen LogP contribution in [0.15, 0.2) is 18.2 Å². The van der Waals surface area contributed by atoms with Crippen molar-refractivity contribution in [3.05, 3.63) is 28.2 Å². The fraction of sp³-hybridized carbons (Fsp3) is 0.571. The third-order valence-corrected chi connectivity index (χ3v) is 3.21. The van der Waals surface area contributed by atoms with Crippen molar-refractivity contribution in [1.82, 2.24) is 5.32 Å². The van der Waals surface area contributed by atoms with Crippen LogP contribution in [-0.4, -0.2) is 30.9 Å². The zero-order valence-electron chi connectivity index (χ0n) is 11.3. The maximum atomic E-state index is 9.78. The number of rotatable bonds is 8.